The number of aliphatic hydroxyl groups is 1. The Labute approximate surface area is 205 Å². The number of fused-ring (bicyclic) bond motifs is 4. The second-order valence-corrected chi connectivity index (χ2v) is 10.5. The second kappa shape index (κ2) is 8.53. The number of carbonyl (C=O) groups is 2. The van der Waals surface area contributed by atoms with E-state index in [1.54, 1.807) is 23.1 Å². The summed E-state index contributed by atoms with van der Waals surface area (Å²) in [6.07, 6.45) is 6.55. The van der Waals surface area contributed by atoms with Gasteiger partial charge in [-0.25, -0.2) is 4.79 Å². The zero-order chi connectivity index (χ0) is 25.1. The van der Waals surface area contributed by atoms with Crippen LogP contribution in [-0.4, -0.2) is 79.7 Å². The van der Waals surface area contributed by atoms with Crippen LogP contribution in [0.25, 0.3) is 10.9 Å². The van der Waals surface area contributed by atoms with Gasteiger partial charge in [0.05, 0.1) is 6.10 Å². The summed E-state index contributed by atoms with van der Waals surface area (Å²) in [4.78, 5) is 36.4. The standard InChI is InChI=1S/C27H34N4O4/c1-16(2)29(4)11-6-12-30-25(34)27(3)15-21-20-14-19(33)9-10-22(20)28-23(21)24(31(27)26(30)35)17-7-5-8-18(32)13-17/h5,7,9-10,13-14,16,18,24,28,32-33H,6,8,11-12,15H2,1-4H3/t18?,24-,27+/m1/s1. The first-order chi connectivity index (χ1) is 16.6. The molecule has 2 aliphatic heterocycles. The molecular weight excluding hydrogens is 444 g/mol. The molecule has 8 heteroatoms. The minimum Gasteiger partial charge on any atom is -0.508 e. The Morgan fingerprint density at radius 1 is 1.29 bits per heavy atom. The van der Waals surface area contributed by atoms with Gasteiger partial charge in [-0.2, -0.15) is 0 Å². The molecule has 1 unspecified atom stereocenters. The van der Waals surface area contributed by atoms with Crippen molar-refractivity contribution in [2.75, 3.05) is 20.1 Å². The van der Waals surface area contributed by atoms with Crippen LogP contribution in [0.1, 0.15) is 50.9 Å². The average Bonchev–Trinajstić information content (AvgIpc) is 3.24. The number of hydrogen-bond acceptors (Lipinski definition) is 5. The maximum Gasteiger partial charge on any atom is 0.328 e. The fraction of sp³-hybridized carbons (Fsp3) is 0.481. The minimum atomic E-state index is -1.06. The molecule has 186 valence electrons. The number of aromatic amines is 1. The van der Waals surface area contributed by atoms with E-state index in [9.17, 15) is 19.8 Å². The van der Waals surface area contributed by atoms with E-state index in [1.165, 1.54) is 4.90 Å². The van der Waals surface area contributed by atoms with Crippen LogP contribution in [0.3, 0.4) is 0 Å². The number of nitrogens with one attached hydrogen (secondary N) is 1. The Morgan fingerprint density at radius 2 is 2.06 bits per heavy atom. The number of nitrogens with zero attached hydrogens (tertiary/aromatic N) is 3. The van der Waals surface area contributed by atoms with Gasteiger partial charge >= 0.3 is 6.03 Å². The third-order valence-electron chi connectivity index (χ3n) is 7.81. The molecule has 0 bridgehead atoms. The molecule has 3 aliphatic rings. The second-order valence-electron chi connectivity index (χ2n) is 10.5. The molecule has 5 rings (SSSR count). The van der Waals surface area contributed by atoms with E-state index in [0.717, 1.165) is 34.3 Å². The fourth-order valence-electron chi connectivity index (χ4n) is 5.65. The van der Waals surface area contributed by atoms with E-state index in [2.05, 4.69) is 23.7 Å². The van der Waals surface area contributed by atoms with Crippen molar-refractivity contribution in [2.24, 2.45) is 0 Å². The van der Waals surface area contributed by atoms with Crippen molar-refractivity contribution in [1.82, 2.24) is 19.7 Å². The Morgan fingerprint density at radius 3 is 2.77 bits per heavy atom. The van der Waals surface area contributed by atoms with Gasteiger partial charge in [-0.15, -0.1) is 0 Å². The minimum absolute atomic E-state index is 0.153. The summed E-state index contributed by atoms with van der Waals surface area (Å²) in [6, 6.07) is 4.70. The molecule has 1 fully saturated rings. The first-order valence-electron chi connectivity index (χ1n) is 12.4. The number of urea groups is 1. The molecule has 1 aromatic heterocycles. The number of aromatic hydroxyl groups is 1. The smallest absolute Gasteiger partial charge is 0.328 e. The molecule has 1 aliphatic carbocycles. The number of aromatic nitrogens is 1. The number of rotatable bonds is 6. The number of benzene rings is 1. The van der Waals surface area contributed by atoms with Crippen LogP contribution < -0.4 is 0 Å². The van der Waals surface area contributed by atoms with E-state index in [0.29, 0.717) is 31.8 Å². The predicted octanol–water partition coefficient (Wildman–Crippen LogP) is 3.47. The zero-order valence-corrected chi connectivity index (χ0v) is 20.8. The van der Waals surface area contributed by atoms with Crippen molar-refractivity contribution in [3.05, 3.63) is 53.3 Å². The van der Waals surface area contributed by atoms with Crippen LogP contribution in [0.4, 0.5) is 4.79 Å². The number of hydrogen-bond donors (Lipinski definition) is 3. The first kappa shape index (κ1) is 23.6. The summed E-state index contributed by atoms with van der Waals surface area (Å²) in [5, 5.41) is 21.4. The summed E-state index contributed by atoms with van der Waals surface area (Å²) in [5.74, 6) is -0.0406. The van der Waals surface area contributed by atoms with Gasteiger partial charge in [-0.05, 0) is 76.5 Å². The van der Waals surface area contributed by atoms with Crippen LogP contribution in [-0.2, 0) is 11.2 Å². The summed E-state index contributed by atoms with van der Waals surface area (Å²) >= 11 is 0. The highest BCUT2D eigenvalue weighted by molar-refractivity contribution is 6.08. The lowest BCUT2D eigenvalue weighted by atomic mass is 9.80. The van der Waals surface area contributed by atoms with Gasteiger partial charge in [0.15, 0.2) is 0 Å². The Hall–Kier alpha value is -3.10. The number of amides is 3. The van der Waals surface area contributed by atoms with E-state index in [-0.39, 0.29) is 17.7 Å². The summed E-state index contributed by atoms with van der Waals surface area (Å²) in [6.45, 7) is 7.23. The highest BCUT2D eigenvalue weighted by Gasteiger charge is 2.60. The molecule has 2 aromatic rings. The molecule has 3 amide bonds. The van der Waals surface area contributed by atoms with Crippen molar-refractivity contribution < 1.29 is 19.8 Å². The molecule has 1 aromatic carbocycles. The summed E-state index contributed by atoms with van der Waals surface area (Å²) in [5.41, 5.74) is 2.33. The largest absolute Gasteiger partial charge is 0.508 e. The third-order valence-corrected chi connectivity index (χ3v) is 7.81. The summed E-state index contributed by atoms with van der Waals surface area (Å²) < 4.78 is 0. The molecule has 1 saturated heterocycles. The van der Waals surface area contributed by atoms with Gasteiger partial charge in [0, 0.05) is 35.6 Å². The molecule has 3 N–H and O–H groups in total. The highest BCUT2D eigenvalue weighted by atomic mass is 16.3. The summed E-state index contributed by atoms with van der Waals surface area (Å²) in [7, 11) is 2.04. The van der Waals surface area contributed by atoms with Crippen LogP contribution >= 0.6 is 0 Å². The first-order valence-corrected chi connectivity index (χ1v) is 12.4. The molecule has 0 spiro atoms. The van der Waals surface area contributed by atoms with Crippen molar-refractivity contribution in [1.29, 1.82) is 0 Å². The SMILES string of the molecule is CC(C)N(C)CCCN1C(=O)N2[C@H](C3=CC(O)CC=C3)c3[nH]c4ccc(O)cc4c3C[C@@]2(C)C1=O. The van der Waals surface area contributed by atoms with Crippen molar-refractivity contribution in [3.8, 4) is 5.75 Å². The predicted molar refractivity (Wildman–Crippen MR) is 134 cm³/mol. The highest BCUT2D eigenvalue weighted by Crippen LogP contribution is 2.49. The Balaban J connectivity index is 1.58. The maximum atomic E-state index is 13.8. The number of phenolic OH excluding ortho intramolecular Hbond substituents is 1. The van der Waals surface area contributed by atoms with E-state index >= 15 is 0 Å². The quantitative estimate of drug-likeness (QED) is 0.552. The fourth-order valence-corrected chi connectivity index (χ4v) is 5.65. The molecule has 35 heavy (non-hydrogen) atoms. The molecule has 8 nitrogen and oxygen atoms in total. The van der Waals surface area contributed by atoms with Gasteiger partial charge < -0.3 is 20.1 Å². The lowest BCUT2D eigenvalue weighted by Gasteiger charge is -2.43. The van der Waals surface area contributed by atoms with E-state index in [1.807, 2.05) is 32.2 Å². The van der Waals surface area contributed by atoms with Crippen LogP contribution in [0.2, 0.25) is 0 Å². The van der Waals surface area contributed by atoms with Gasteiger partial charge in [0.25, 0.3) is 5.91 Å². The van der Waals surface area contributed by atoms with E-state index < -0.39 is 17.7 Å². The normalized spacial score (nSPS) is 26.2. The number of carbonyl (C=O) groups excluding carboxylic acids is 2. The van der Waals surface area contributed by atoms with Gasteiger partial charge in [-0.3, -0.25) is 14.6 Å². The topological polar surface area (TPSA) is 100 Å². The van der Waals surface area contributed by atoms with Gasteiger partial charge in [0.2, 0.25) is 0 Å². The molecule has 0 radical (unpaired) electrons. The number of phenols is 1. The maximum absolute atomic E-state index is 13.8. The van der Waals surface area contributed by atoms with Crippen LogP contribution in [0.15, 0.2) is 42.0 Å². The lowest BCUT2D eigenvalue weighted by molar-refractivity contribution is -0.133. The Bertz CT molecular complexity index is 1250. The molecule has 3 atom stereocenters. The molecular formula is C27H34N4O4. The van der Waals surface area contributed by atoms with Crippen molar-refractivity contribution >= 4 is 22.8 Å². The van der Waals surface area contributed by atoms with E-state index in [4.69, 9.17) is 0 Å². The zero-order valence-electron chi connectivity index (χ0n) is 20.8. The number of H-pyrrole nitrogens is 1. The average molecular weight is 479 g/mol. The van der Waals surface area contributed by atoms with Gasteiger partial charge in [0.1, 0.15) is 17.3 Å². The molecule has 0 saturated carbocycles. The lowest BCUT2D eigenvalue weighted by Crippen LogP contribution is -2.53. The van der Waals surface area contributed by atoms with Crippen LogP contribution in [0.5, 0.6) is 5.75 Å². The van der Waals surface area contributed by atoms with Crippen molar-refractivity contribution in [3.63, 3.8) is 0 Å². The van der Waals surface area contributed by atoms with Crippen LogP contribution in [0, 0.1) is 0 Å². The Kier molecular flexibility index (Phi) is 5.76. The molecule has 3 heterocycles. The third kappa shape index (κ3) is 3.76. The van der Waals surface area contributed by atoms with Gasteiger partial charge in [-0.1, -0.05) is 18.2 Å². The van der Waals surface area contributed by atoms with Crippen molar-refractivity contribution in [2.45, 2.75) is 63.8 Å². The number of aliphatic hydroxyl groups excluding tert-OH is 1. The number of imide groups is 1. The monoisotopic (exact) mass is 478 g/mol.